The van der Waals surface area contributed by atoms with Gasteiger partial charge in [-0.2, -0.15) is 5.10 Å². The van der Waals surface area contributed by atoms with E-state index in [0.29, 0.717) is 0 Å². The quantitative estimate of drug-likeness (QED) is 0.601. The van der Waals surface area contributed by atoms with Crippen LogP contribution in [-0.2, 0) is 11.3 Å². The third kappa shape index (κ3) is 6.22. The van der Waals surface area contributed by atoms with E-state index in [1.807, 2.05) is 13.0 Å². The van der Waals surface area contributed by atoms with Gasteiger partial charge in [0.2, 0.25) is 0 Å². The van der Waals surface area contributed by atoms with Crippen LogP contribution in [0.5, 0.6) is 0 Å². The maximum atomic E-state index is 12.3. The van der Waals surface area contributed by atoms with Crippen molar-refractivity contribution in [3.63, 3.8) is 0 Å². The Morgan fingerprint density at radius 2 is 1.78 bits per heavy atom. The van der Waals surface area contributed by atoms with Gasteiger partial charge in [0.25, 0.3) is 5.91 Å². The predicted octanol–water partition coefficient (Wildman–Crippen LogP) is 4.24. The first-order valence-corrected chi connectivity index (χ1v) is 10.3. The Morgan fingerprint density at radius 1 is 1.11 bits per heavy atom. The molecule has 0 aliphatic carbocycles. The molecule has 27 heavy (non-hydrogen) atoms. The second-order valence-electron chi connectivity index (χ2n) is 6.99. The Bertz CT molecular complexity index is 764. The van der Waals surface area contributed by atoms with Crippen molar-refractivity contribution < 1.29 is 4.79 Å². The SMILES string of the molecule is Cc1ccc(S[C@@H](C)C(=O)NN=C2CCN(Cc3ccccc3)CC2)cc1. The molecule has 4 nitrogen and oxygen atoms in total. The highest BCUT2D eigenvalue weighted by Crippen LogP contribution is 2.23. The molecular weight excluding hydrogens is 354 g/mol. The van der Waals surface area contributed by atoms with Crippen LogP contribution in [0.25, 0.3) is 0 Å². The molecule has 0 spiro atoms. The number of hydrogen-bond donors (Lipinski definition) is 1. The zero-order valence-electron chi connectivity index (χ0n) is 16.0. The van der Waals surface area contributed by atoms with Crippen molar-refractivity contribution in [2.45, 2.75) is 43.4 Å². The van der Waals surface area contributed by atoms with Crippen molar-refractivity contribution in [3.05, 3.63) is 65.7 Å². The molecule has 0 bridgehead atoms. The predicted molar refractivity (Wildman–Crippen MR) is 113 cm³/mol. The Labute approximate surface area is 166 Å². The summed E-state index contributed by atoms with van der Waals surface area (Å²) in [6, 6.07) is 18.8. The van der Waals surface area contributed by atoms with Crippen molar-refractivity contribution in [3.8, 4) is 0 Å². The first-order chi connectivity index (χ1) is 13.1. The van der Waals surface area contributed by atoms with Gasteiger partial charge in [0.1, 0.15) is 0 Å². The molecule has 0 unspecified atom stereocenters. The van der Waals surface area contributed by atoms with E-state index in [1.54, 1.807) is 11.8 Å². The summed E-state index contributed by atoms with van der Waals surface area (Å²) in [6.07, 6.45) is 1.82. The van der Waals surface area contributed by atoms with E-state index in [0.717, 1.165) is 43.1 Å². The summed E-state index contributed by atoms with van der Waals surface area (Å²) in [6.45, 7) is 6.92. The molecule has 1 N–H and O–H groups in total. The zero-order chi connectivity index (χ0) is 19.1. The number of nitrogens with one attached hydrogen (secondary N) is 1. The first kappa shape index (κ1) is 19.6. The number of thioether (sulfide) groups is 1. The number of piperidine rings is 1. The lowest BCUT2D eigenvalue weighted by Crippen LogP contribution is -2.35. The number of likely N-dealkylation sites (tertiary alicyclic amines) is 1. The maximum Gasteiger partial charge on any atom is 0.253 e. The minimum Gasteiger partial charge on any atom is -0.298 e. The highest BCUT2D eigenvalue weighted by atomic mass is 32.2. The Morgan fingerprint density at radius 3 is 2.44 bits per heavy atom. The highest BCUT2D eigenvalue weighted by molar-refractivity contribution is 8.00. The van der Waals surface area contributed by atoms with Gasteiger partial charge in [0, 0.05) is 43.1 Å². The minimum absolute atomic E-state index is 0.0419. The molecule has 0 saturated carbocycles. The number of hydrogen-bond acceptors (Lipinski definition) is 4. The lowest BCUT2D eigenvalue weighted by Gasteiger charge is -2.27. The third-order valence-electron chi connectivity index (χ3n) is 4.71. The third-order valence-corrected chi connectivity index (χ3v) is 5.82. The van der Waals surface area contributed by atoms with Crippen LogP contribution in [0.3, 0.4) is 0 Å². The molecule has 1 aliphatic heterocycles. The van der Waals surface area contributed by atoms with Crippen LogP contribution in [0.2, 0.25) is 0 Å². The maximum absolute atomic E-state index is 12.3. The second kappa shape index (κ2) is 9.72. The molecule has 5 heteroatoms. The smallest absolute Gasteiger partial charge is 0.253 e. The van der Waals surface area contributed by atoms with Crippen LogP contribution in [0, 0.1) is 6.92 Å². The van der Waals surface area contributed by atoms with Crippen LogP contribution in [0.1, 0.15) is 30.9 Å². The highest BCUT2D eigenvalue weighted by Gasteiger charge is 2.17. The lowest BCUT2D eigenvalue weighted by atomic mass is 10.1. The molecule has 0 aromatic heterocycles. The molecule has 2 aromatic rings. The molecule has 1 heterocycles. The van der Waals surface area contributed by atoms with Crippen molar-refractivity contribution in [2.24, 2.45) is 5.10 Å². The fourth-order valence-electron chi connectivity index (χ4n) is 3.02. The number of hydrazone groups is 1. The van der Waals surface area contributed by atoms with Crippen molar-refractivity contribution in [1.82, 2.24) is 10.3 Å². The number of rotatable bonds is 6. The monoisotopic (exact) mass is 381 g/mol. The van der Waals surface area contributed by atoms with E-state index in [-0.39, 0.29) is 11.2 Å². The summed E-state index contributed by atoms with van der Waals surface area (Å²) >= 11 is 1.56. The molecule has 1 atom stereocenters. The van der Waals surface area contributed by atoms with Gasteiger partial charge in [-0.1, -0.05) is 48.0 Å². The van der Waals surface area contributed by atoms with Gasteiger partial charge in [-0.15, -0.1) is 11.8 Å². The standard InChI is InChI=1S/C22H27N3OS/c1-17-8-10-21(11-9-17)27-18(2)22(26)24-23-20-12-14-25(15-13-20)16-19-6-4-3-5-7-19/h3-11,18H,12-16H2,1-2H3,(H,24,26)/t18-/m0/s1. The van der Waals surface area contributed by atoms with E-state index in [2.05, 4.69) is 70.9 Å². The van der Waals surface area contributed by atoms with E-state index in [4.69, 9.17) is 0 Å². The van der Waals surface area contributed by atoms with Gasteiger partial charge in [0.05, 0.1) is 5.25 Å². The first-order valence-electron chi connectivity index (χ1n) is 9.45. The summed E-state index contributed by atoms with van der Waals surface area (Å²) in [4.78, 5) is 15.9. The number of benzene rings is 2. The van der Waals surface area contributed by atoms with Crippen molar-refractivity contribution in [1.29, 1.82) is 0 Å². The van der Waals surface area contributed by atoms with Crippen LogP contribution in [0.4, 0.5) is 0 Å². The van der Waals surface area contributed by atoms with Crippen LogP contribution in [0.15, 0.2) is 64.6 Å². The molecule has 2 aromatic carbocycles. The number of amides is 1. The fraction of sp³-hybridized carbons (Fsp3) is 0.364. The molecule has 0 radical (unpaired) electrons. The molecule has 1 amide bonds. The molecule has 1 aliphatic rings. The van der Waals surface area contributed by atoms with E-state index in [9.17, 15) is 4.79 Å². The van der Waals surface area contributed by atoms with Gasteiger partial charge in [-0.3, -0.25) is 9.69 Å². The van der Waals surface area contributed by atoms with Crippen LogP contribution < -0.4 is 5.43 Å². The normalized spacial score (nSPS) is 16.0. The fourth-order valence-corrected chi connectivity index (χ4v) is 3.88. The molecular formula is C22H27N3OS. The van der Waals surface area contributed by atoms with Crippen molar-refractivity contribution in [2.75, 3.05) is 13.1 Å². The summed E-state index contributed by atoms with van der Waals surface area (Å²) in [5.41, 5.74) is 6.41. The number of carbonyl (C=O) groups excluding carboxylic acids is 1. The lowest BCUT2D eigenvalue weighted by molar-refractivity contribution is -0.120. The average Bonchev–Trinajstić information content (AvgIpc) is 2.69. The summed E-state index contributed by atoms with van der Waals surface area (Å²) in [7, 11) is 0. The largest absolute Gasteiger partial charge is 0.298 e. The average molecular weight is 382 g/mol. The molecule has 1 saturated heterocycles. The van der Waals surface area contributed by atoms with Crippen molar-refractivity contribution >= 4 is 23.4 Å². The zero-order valence-corrected chi connectivity index (χ0v) is 16.8. The van der Waals surface area contributed by atoms with Crippen LogP contribution in [-0.4, -0.2) is 34.9 Å². The van der Waals surface area contributed by atoms with Crippen LogP contribution >= 0.6 is 11.8 Å². The second-order valence-corrected chi connectivity index (χ2v) is 8.40. The summed E-state index contributed by atoms with van der Waals surface area (Å²) in [5.74, 6) is -0.0419. The number of aryl methyl sites for hydroxylation is 1. The molecule has 1 fully saturated rings. The molecule has 3 rings (SSSR count). The van der Waals surface area contributed by atoms with Gasteiger partial charge in [-0.25, -0.2) is 5.43 Å². The number of nitrogens with zero attached hydrogens (tertiary/aromatic N) is 2. The van der Waals surface area contributed by atoms with E-state index < -0.39 is 0 Å². The summed E-state index contributed by atoms with van der Waals surface area (Å²) < 4.78 is 0. The Balaban J connectivity index is 1.43. The minimum atomic E-state index is -0.171. The van der Waals surface area contributed by atoms with Gasteiger partial charge < -0.3 is 0 Å². The molecule has 142 valence electrons. The summed E-state index contributed by atoms with van der Waals surface area (Å²) in [5, 5.41) is 4.21. The van der Waals surface area contributed by atoms with E-state index in [1.165, 1.54) is 11.1 Å². The van der Waals surface area contributed by atoms with E-state index >= 15 is 0 Å². The topological polar surface area (TPSA) is 44.7 Å². The number of carbonyl (C=O) groups is 1. The van der Waals surface area contributed by atoms with Gasteiger partial charge in [-0.05, 0) is 31.5 Å². The van der Waals surface area contributed by atoms with Gasteiger partial charge >= 0.3 is 0 Å². The Hall–Kier alpha value is -2.11. The Kier molecular flexibility index (Phi) is 7.07. The van der Waals surface area contributed by atoms with Gasteiger partial charge in [0.15, 0.2) is 0 Å².